The van der Waals surface area contributed by atoms with Gasteiger partial charge in [0.25, 0.3) is 0 Å². The molecule has 0 aromatic heterocycles. The summed E-state index contributed by atoms with van der Waals surface area (Å²) in [5.41, 5.74) is 0.630. The van der Waals surface area contributed by atoms with Crippen LogP contribution in [0.3, 0.4) is 0 Å². The quantitative estimate of drug-likeness (QED) is 0.548. The molecule has 1 aliphatic heterocycles. The van der Waals surface area contributed by atoms with Crippen LogP contribution in [0.4, 0.5) is 0 Å². The summed E-state index contributed by atoms with van der Waals surface area (Å²) in [7, 11) is 1.39. The highest BCUT2D eigenvalue weighted by molar-refractivity contribution is 5.87. The normalized spacial score (nSPS) is 18.4. The van der Waals surface area contributed by atoms with Gasteiger partial charge in [0, 0.05) is 45.2 Å². The van der Waals surface area contributed by atoms with Crippen molar-refractivity contribution < 1.29 is 14.3 Å². The fourth-order valence-electron chi connectivity index (χ4n) is 1.98. The van der Waals surface area contributed by atoms with Gasteiger partial charge in [0.15, 0.2) is 0 Å². The highest BCUT2D eigenvalue weighted by Gasteiger charge is 2.15. The van der Waals surface area contributed by atoms with Crippen LogP contribution >= 0.6 is 0 Å². The van der Waals surface area contributed by atoms with Gasteiger partial charge >= 0.3 is 5.97 Å². The first kappa shape index (κ1) is 14.7. The Labute approximate surface area is 108 Å². The Morgan fingerprint density at radius 3 is 2.50 bits per heavy atom. The van der Waals surface area contributed by atoms with E-state index in [1.807, 2.05) is 11.0 Å². The number of hydrogen-bond donors (Lipinski definition) is 0. The molecule has 1 rings (SSSR count). The average molecular weight is 254 g/mol. The highest BCUT2D eigenvalue weighted by Crippen LogP contribution is 2.04. The fraction of sp³-hybridized carbons (Fsp3) is 0.692. The van der Waals surface area contributed by atoms with E-state index in [2.05, 4.69) is 9.64 Å². The van der Waals surface area contributed by atoms with Crippen LogP contribution in [0.25, 0.3) is 0 Å². The number of ether oxygens (including phenoxy) is 1. The molecule has 18 heavy (non-hydrogen) atoms. The van der Waals surface area contributed by atoms with Gasteiger partial charge < -0.3 is 9.64 Å². The molecular formula is C13H22N2O3. The number of rotatable bonds is 3. The number of esters is 1. The van der Waals surface area contributed by atoms with Crippen molar-refractivity contribution in [3.63, 3.8) is 0 Å². The van der Waals surface area contributed by atoms with Crippen LogP contribution < -0.4 is 0 Å². The van der Waals surface area contributed by atoms with Gasteiger partial charge in [-0.15, -0.1) is 0 Å². The lowest BCUT2D eigenvalue weighted by Gasteiger charge is -2.19. The monoisotopic (exact) mass is 254 g/mol. The molecule has 5 nitrogen and oxygen atoms in total. The summed E-state index contributed by atoms with van der Waals surface area (Å²) in [6, 6.07) is 0. The molecule has 1 fully saturated rings. The summed E-state index contributed by atoms with van der Waals surface area (Å²) >= 11 is 0. The second-order valence-electron chi connectivity index (χ2n) is 4.54. The van der Waals surface area contributed by atoms with Crippen LogP contribution in [0, 0.1) is 0 Å². The summed E-state index contributed by atoms with van der Waals surface area (Å²) in [5.74, 6) is -0.145. The first-order valence-electron chi connectivity index (χ1n) is 6.27. The molecule has 102 valence electrons. The van der Waals surface area contributed by atoms with Gasteiger partial charge in [0.05, 0.1) is 7.11 Å². The second kappa shape index (κ2) is 7.16. The molecule has 5 heteroatoms. The average Bonchev–Trinajstić information content (AvgIpc) is 2.60. The Morgan fingerprint density at radius 2 is 1.89 bits per heavy atom. The maximum absolute atomic E-state index is 11.3. The van der Waals surface area contributed by atoms with E-state index < -0.39 is 0 Å². The van der Waals surface area contributed by atoms with Crippen molar-refractivity contribution in [2.45, 2.75) is 20.3 Å². The lowest BCUT2D eigenvalue weighted by atomic mass is 10.2. The van der Waals surface area contributed by atoms with Gasteiger partial charge in [-0.3, -0.25) is 9.69 Å². The van der Waals surface area contributed by atoms with Crippen molar-refractivity contribution in [3.8, 4) is 0 Å². The third kappa shape index (κ3) is 4.49. The summed E-state index contributed by atoms with van der Waals surface area (Å²) in [6.07, 6.45) is 2.86. The minimum atomic E-state index is -0.282. The Bertz CT molecular complexity index is 339. The van der Waals surface area contributed by atoms with Crippen molar-refractivity contribution in [1.29, 1.82) is 0 Å². The molecule has 0 aromatic rings. The molecule has 1 heterocycles. The van der Waals surface area contributed by atoms with Crippen molar-refractivity contribution in [2.75, 3.05) is 39.8 Å². The van der Waals surface area contributed by atoms with E-state index in [4.69, 9.17) is 0 Å². The summed E-state index contributed by atoms with van der Waals surface area (Å²) < 4.78 is 4.65. The lowest BCUT2D eigenvalue weighted by molar-refractivity contribution is -0.136. The van der Waals surface area contributed by atoms with Gasteiger partial charge in [-0.2, -0.15) is 0 Å². The number of carbonyl (C=O) groups excluding carboxylic acids is 2. The zero-order valence-electron chi connectivity index (χ0n) is 11.4. The van der Waals surface area contributed by atoms with E-state index in [0.717, 1.165) is 39.1 Å². The van der Waals surface area contributed by atoms with Gasteiger partial charge in [0.2, 0.25) is 5.91 Å². The molecular weight excluding hydrogens is 232 g/mol. The van der Waals surface area contributed by atoms with E-state index in [0.29, 0.717) is 5.57 Å². The third-order valence-corrected chi connectivity index (χ3v) is 3.20. The first-order chi connectivity index (χ1) is 8.54. The number of amides is 1. The molecule has 0 aliphatic carbocycles. The molecule has 1 saturated heterocycles. The highest BCUT2D eigenvalue weighted by atomic mass is 16.5. The van der Waals surface area contributed by atoms with Crippen molar-refractivity contribution in [3.05, 3.63) is 11.6 Å². The third-order valence-electron chi connectivity index (χ3n) is 3.20. The van der Waals surface area contributed by atoms with E-state index in [-0.39, 0.29) is 11.9 Å². The molecule has 0 unspecified atom stereocenters. The van der Waals surface area contributed by atoms with E-state index >= 15 is 0 Å². The molecule has 0 saturated carbocycles. The number of hydrogen-bond acceptors (Lipinski definition) is 4. The standard InChI is InChI=1S/C13H22N2O3/c1-11(13(17)18-3)5-8-14-6-4-7-15(10-9-14)12(2)16/h5H,4,6-10H2,1-3H3. The topological polar surface area (TPSA) is 49.9 Å². The molecule has 0 aromatic carbocycles. The van der Waals surface area contributed by atoms with E-state index in [1.54, 1.807) is 13.8 Å². The number of nitrogens with zero attached hydrogens (tertiary/aromatic N) is 2. The molecule has 0 radical (unpaired) electrons. The molecule has 1 aliphatic rings. The van der Waals surface area contributed by atoms with Crippen LogP contribution in [-0.2, 0) is 14.3 Å². The van der Waals surface area contributed by atoms with Crippen LogP contribution in [0.5, 0.6) is 0 Å². The zero-order chi connectivity index (χ0) is 13.5. The molecule has 0 atom stereocenters. The predicted molar refractivity (Wildman–Crippen MR) is 69.1 cm³/mol. The predicted octanol–water partition coefficient (Wildman–Crippen LogP) is 0.660. The van der Waals surface area contributed by atoms with E-state index in [9.17, 15) is 9.59 Å². The molecule has 1 amide bonds. The first-order valence-corrected chi connectivity index (χ1v) is 6.27. The molecule has 0 N–H and O–H groups in total. The Hall–Kier alpha value is -1.36. The van der Waals surface area contributed by atoms with Crippen LogP contribution in [0.15, 0.2) is 11.6 Å². The van der Waals surface area contributed by atoms with Crippen LogP contribution in [0.1, 0.15) is 20.3 Å². The van der Waals surface area contributed by atoms with Gasteiger partial charge in [0.1, 0.15) is 0 Å². The van der Waals surface area contributed by atoms with Crippen LogP contribution in [-0.4, -0.2) is 61.5 Å². The smallest absolute Gasteiger partial charge is 0.333 e. The van der Waals surface area contributed by atoms with E-state index in [1.165, 1.54) is 7.11 Å². The Morgan fingerprint density at radius 1 is 1.17 bits per heavy atom. The second-order valence-corrected chi connectivity index (χ2v) is 4.54. The Balaban J connectivity index is 2.45. The van der Waals surface area contributed by atoms with Gasteiger partial charge in [-0.1, -0.05) is 6.08 Å². The van der Waals surface area contributed by atoms with Crippen molar-refractivity contribution in [2.24, 2.45) is 0 Å². The van der Waals surface area contributed by atoms with Crippen molar-refractivity contribution >= 4 is 11.9 Å². The molecule has 0 bridgehead atoms. The number of carbonyl (C=O) groups is 2. The molecule has 0 spiro atoms. The fourth-order valence-corrected chi connectivity index (χ4v) is 1.98. The van der Waals surface area contributed by atoms with Gasteiger partial charge in [-0.05, 0) is 13.3 Å². The summed E-state index contributed by atoms with van der Waals surface area (Å²) in [4.78, 5) is 26.6. The maximum atomic E-state index is 11.3. The van der Waals surface area contributed by atoms with Crippen LogP contribution in [0.2, 0.25) is 0 Å². The van der Waals surface area contributed by atoms with Crippen molar-refractivity contribution in [1.82, 2.24) is 9.80 Å². The summed E-state index contributed by atoms with van der Waals surface area (Å²) in [5, 5.41) is 0. The zero-order valence-corrected chi connectivity index (χ0v) is 11.4. The Kier molecular flexibility index (Phi) is 5.85. The SMILES string of the molecule is COC(=O)C(C)=CCN1CCCN(C(C)=O)CC1. The van der Waals surface area contributed by atoms with Gasteiger partial charge in [-0.25, -0.2) is 4.79 Å². The lowest BCUT2D eigenvalue weighted by Crippen LogP contribution is -2.33. The number of methoxy groups -OCH3 is 1. The maximum Gasteiger partial charge on any atom is 0.333 e. The summed E-state index contributed by atoms with van der Waals surface area (Å²) in [6.45, 7) is 7.49. The minimum Gasteiger partial charge on any atom is -0.466 e. The minimum absolute atomic E-state index is 0.137. The largest absolute Gasteiger partial charge is 0.466 e.